The van der Waals surface area contributed by atoms with Gasteiger partial charge in [-0.1, -0.05) is 54.7 Å². The number of nitrogens with two attached hydrogens (primary N) is 2. The van der Waals surface area contributed by atoms with Gasteiger partial charge in [-0.3, -0.25) is 33.3 Å². The summed E-state index contributed by atoms with van der Waals surface area (Å²) >= 11 is 11.3. The molecule has 6 aromatic heterocycles. The summed E-state index contributed by atoms with van der Waals surface area (Å²) in [5.41, 5.74) is 12.2. The van der Waals surface area contributed by atoms with E-state index in [0.29, 0.717) is 69.0 Å². The standard InChI is InChI=1S/C27H37ClN10O3.C26H42N8O4.C6H5ClN2O2.CH4.Li.H2/c1-5-17-15-37(24-16(3)31-21(26(40)35(24)4)23-33-34-27(41-23)30-6-2)13-14-38(17)18-9-11-36(12-10-18)25(39)19-7-8-20(28)32-22(19)29;1-8-18-16-33(14-15-34(18)19-10-12-32(13-11-19)25(36)38-26(4,5)6)22-17(3)28-20(23(35)31(22)7)21-29-30-24(37-21)27-9-2;7-4-2-1-3(6(10)11)5(8)9-4;;;/h7-8,17-18H,5-6,9-15H2,1-4H3,(H2,29,32)(H,30,34);18-19H,8-16H2,1-7H3,(H,27,30);1-2H,(H2,8,9)(H,10,11);1H4;;1H/q;;;;+1;/p-1/t17-;18-;;;;/m00..../s1. The fourth-order valence-electron chi connectivity index (χ4n) is 12.1. The van der Waals surface area contributed by atoms with Crippen LogP contribution in [0.2, 0.25) is 10.3 Å². The molecule has 6 aromatic rings. The molecule has 0 aromatic carbocycles. The summed E-state index contributed by atoms with van der Waals surface area (Å²) < 4.78 is 20.0. The number of ether oxygens (including phenoxy) is 1. The second-order valence-electron chi connectivity index (χ2n) is 23.5. The summed E-state index contributed by atoms with van der Waals surface area (Å²) in [5, 5.41) is 32.5. The van der Waals surface area contributed by atoms with Crippen molar-refractivity contribution >= 4 is 76.5 Å². The number of halogens is 2. The molecule has 4 aliphatic heterocycles. The van der Waals surface area contributed by atoms with E-state index in [1.807, 2.05) is 58.3 Å². The maximum absolute atomic E-state index is 13.3. The van der Waals surface area contributed by atoms with Crippen LogP contribution in [0.3, 0.4) is 0 Å². The molecule has 10 heterocycles. The number of rotatable bonds is 14. The second-order valence-corrected chi connectivity index (χ2v) is 24.3. The summed E-state index contributed by atoms with van der Waals surface area (Å²) in [6, 6.07) is 7.80. The first-order chi connectivity index (χ1) is 42.8. The van der Waals surface area contributed by atoms with E-state index in [9.17, 15) is 29.1 Å². The van der Waals surface area contributed by atoms with Crippen molar-refractivity contribution in [2.45, 2.75) is 138 Å². The van der Waals surface area contributed by atoms with Gasteiger partial charge >= 0.3 is 37.0 Å². The number of carboxylic acid groups (broad SMARTS) is 1. The smallest absolute Gasteiger partial charge is 0.545 e. The molecule has 0 aliphatic carbocycles. The largest absolute Gasteiger partial charge is 1.00 e. The topological polar surface area (TPSA) is 352 Å². The molecule has 92 heavy (non-hydrogen) atoms. The quantitative estimate of drug-likeness (QED) is 0.0899. The number of aromatic carboxylic acids is 1. The number of anilines is 6. The van der Waals surface area contributed by atoms with E-state index in [1.54, 1.807) is 35.4 Å². The average Bonchev–Trinajstić information content (AvgIpc) is 1.53. The van der Waals surface area contributed by atoms with Gasteiger partial charge in [-0.15, -0.1) is 10.2 Å². The molecule has 6 N–H and O–H groups in total. The van der Waals surface area contributed by atoms with Crippen LogP contribution in [0.1, 0.15) is 128 Å². The summed E-state index contributed by atoms with van der Waals surface area (Å²) in [4.78, 5) is 92.5. The van der Waals surface area contributed by atoms with Gasteiger partial charge < -0.3 is 65.2 Å². The number of nitrogens with zero attached hydrogens (tertiary/aromatic N) is 16. The van der Waals surface area contributed by atoms with E-state index in [4.69, 9.17) is 48.2 Å². The Labute approximate surface area is 559 Å². The zero-order valence-corrected chi connectivity index (χ0v) is 55.6. The predicted molar refractivity (Wildman–Crippen MR) is 350 cm³/mol. The van der Waals surface area contributed by atoms with Crippen LogP contribution >= 0.6 is 23.2 Å². The maximum Gasteiger partial charge on any atom is 1.00 e. The van der Waals surface area contributed by atoms with Crippen molar-refractivity contribution in [3.8, 4) is 23.2 Å². The van der Waals surface area contributed by atoms with Gasteiger partial charge in [-0.05, 0) is 111 Å². The van der Waals surface area contributed by atoms with Crippen molar-refractivity contribution in [3.05, 3.63) is 77.8 Å². The number of hydrogen-bond acceptors (Lipinski definition) is 25. The van der Waals surface area contributed by atoms with Crippen LogP contribution in [-0.2, 0) is 18.8 Å². The fraction of sp³-hybridized carbons (Fsp3) is 0.583. The number of carboxylic acids is 1. The van der Waals surface area contributed by atoms with E-state index in [1.165, 1.54) is 12.1 Å². The van der Waals surface area contributed by atoms with E-state index in [2.05, 4.69) is 84.4 Å². The van der Waals surface area contributed by atoms with Crippen LogP contribution in [-0.4, -0.2) is 195 Å². The Morgan fingerprint density at radius 2 is 1.04 bits per heavy atom. The number of nitrogens with one attached hydrogen (secondary N) is 2. The number of aryl methyl sites for hydroxylation is 2. The summed E-state index contributed by atoms with van der Waals surface area (Å²) in [6.07, 6.45) is 5.38. The van der Waals surface area contributed by atoms with Gasteiger partial charge in [-0.2, -0.15) is 0 Å². The van der Waals surface area contributed by atoms with Gasteiger partial charge in [-0.25, -0.2) is 24.7 Å². The third kappa shape index (κ3) is 17.4. The van der Waals surface area contributed by atoms with Crippen LogP contribution in [0, 0.1) is 13.8 Å². The predicted octanol–water partition coefficient (Wildman–Crippen LogP) is 2.84. The Morgan fingerprint density at radius 3 is 1.41 bits per heavy atom. The molecular weight excluding hydrogens is 1220 g/mol. The molecule has 0 radical (unpaired) electrons. The number of piperazine rings is 2. The minimum Gasteiger partial charge on any atom is -0.545 e. The number of likely N-dealkylation sites (tertiary alicyclic amines) is 2. The number of piperidine rings is 2. The number of pyridine rings is 2. The normalized spacial score (nSPS) is 17.5. The van der Waals surface area contributed by atoms with Crippen molar-refractivity contribution in [2.24, 2.45) is 14.1 Å². The van der Waals surface area contributed by atoms with Crippen LogP contribution in [0.15, 0.2) is 42.7 Å². The molecule has 32 heteroatoms. The monoisotopic (exact) mass is 1310 g/mol. The molecule has 0 saturated carbocycles. The first-order valence-corrected chi connectivity index (χ1v) is 31.2. The van der Waals surface area contributed by atoms with Crippen LogP contribution < -0.4 is 67.0 Å². The van der Waals surface area contributed by atoms with Crippen molar-refractivity contribution < 1.29 is 53.3 Å². The van der Waals surface area contributed by atoms with Crippen molar-refractivity contribution in [1.29, 1.82) is 0 Å². The van der Waals surface area contributed by atoms with Crippen molar-refractivity contribution in [1.82, 2.24) is 69.1 Å². The Morgan fingerprint density at radius 1 is 0.641 bits per heavy atom. The van der Waals surface area contributed by atoms with Crippen molar-refractivity contribution in [3.63, 3.8) is 0 Å². The van der Waals surface area contributed by atoms with E-state index < -0.39 is 11.6 Å². The number of amides is 2. The molecule has 4 aliphatic rings. The summed E-state index contributed by atoms with van der Waals surface area (Å²) in [6.45, 7) is 26.7. The number of hydrogen-bond donors (Lipinski definition) is 4. The molecule has 2 amide bonds. The Bertz CT molecular complexity index is 3630. The molecule has 498 valence electrons. The molecule has 0 spiro atoms. The first kappa shape index (κ1) is 73.5. The maximum atomic E-state index is 13.3. The molecular formula is C60H89Cl2LiN20O9. The number of carbonyl (C=O) groups is 3. The number of carbonyl (C=O) groups excluding carboxylic acids is 3. The Kier molecular flexibility index (Phi) is 25.8. The van der Waals surface area contributed by atoms with Gasteiger partial charge in [0.2, 0.25) is 0 Å². The molecule has 4 fully saturated rings. The van der Waals surface area contributed by atoms with E-state index in [0.717, 1.165) is 101 Å². The third-order valence-corrected chi connectivity index (χ3v) is 16.8. The third-order valence-electron chi connectivity index (χ3n) is 16.4. The van der Waals surface area contributed by atoms with Crippen LogP contribution in [0.25, 0.3) is 23.2 Å². The van der Waals surface area contributed by atoms with E-state index >= 15 is 0 Å². The van der Waals surface area contributed by atoms with Gasteiger partial charge in [0.1, 0.15) is 39.2 Å². The number of nitrogen functional groups attached to an aromatic ring is 2. The molecule has 0 bridgehead atoms. The number of aromatic nitrogens is 10. The molecule has 0 unspecified atom stereocenters. The zero-order chi connectivity index (χ0) is 65.3. The average molecular weight is 1310 g/mol. The summed E-state index contributed by atoms with van der Waals surface area (Å²) in [7, 11) is 3.54. The van der Waals surface area contributed by atoms with Crippen LogP contribution in [0.4, 0.5) is 40.1 Å². The van der Waals surface area contributed by atoms with Gasteiger partial charge in [0, 0.05) is 124 Å². The molecule has 29 nitrogen and oxygen atoms in total. The minimum absolute atomic E-state index is 0. The molecule has 4 saturated heterocycles. The van der Waals surface area contributed by atoms with E-state index in [-0.39, 0.29) is 114 Å². The Balaban J connectivity index is 0.000000282. The van der Waals surface area contributed by atoms with Gasteiger partial charge in [0.25, 0.3) is 28.8 Å². The first-order valence-electron chi connectivity index (χ1n) is 30.5. The molecule has 10 rings (SSSR count). The minimum atomic E-state index is -1.35. The van der Waals surface area contributed by atoms with Gasteiger partial charge in [0.05, 0.1) is 22.9 Å². The zero-order valence-electron chi connectivity index (χ0n) is 54.1. The summed E-state index contributed by atoms with van der Waals surface area (Å²) in [5.74, 6) is 0.421. The fourth-order valence-corrected chi connectivity index (χ4v) is 12.4. The van der Waals surface area contributed by atoms with Gasteiger partial charge in [0.15, 0.2) is 11.4 Å². The Hall–Kier alpha value is -7.55. The molecule has 2 atom stereocenters. The van der Waals surface area contributed by atoms with Crippen molar-refractivity contribution in [2.75, 3.05) is 110 Å². The SMILES string of the molecule is C.CCNc1nnc(-c2nc(C)c(N3CCN(C4CCN(C(=O)OC(C)(C)C)CC4)[C@@H](CC)C3)n(C)c2=O)o1.CCNc1nnc(-c2nc(C)c(N3CCN(C4CCN(C(=O)c5ccc(Cl)nc5N)CC4)[C@@H](CC)C3)n(C)c2=O)o1.Nc1nc(Cl)ccc1C(=O)[O-].[HH].[Li+]. The van der Waals surface area contributed by atoms with Crippen LogP contribution in [0.5, 0.6) is 0 Å². The second kappa shape index (κ2) is 32.3.